The Hall–Kier alpha value is -2.67. The summed E-state index contributed by atoms with van der Waals surface area (Å²) in [6.45, 7) is 1.35. The molecule has 0 amide bonds. The number of benzene rings is 1. The van der Waals surface area contributed by atoms with Gasteiger partial charge in [-0.15, -0.1) is 10.2 Å². The van der Waals surface area contributed by atoms with Crippen molar-refractivity contribution in [3.05, 3.63) is 48.1 Å². The molecule has 0 aliphatic rings. The predicted molar refractivity (Wildman–Crippen MR) is 84.7 cm³/mol. The molecule has 0 fully saturated rings. The zero-order chi connectivity index (χ0) is 16.2. The summed E-state index contributed by atoms with van der Waals surface area (Å²) in [7, 11) is 5.55. The van der Waals surface area contributed by atoms with Crippen LogP contribution >= 0.6 is 0 Å². The fourth-order valence-electron chi connectivity index (χ4n) is 2.32. The van der Waals surface area contributed by atoms with E-state index in [0.29, 0.717) is 18.3 Å². The van der Waals surface area contributed by atoms with Crippen molar-refractivity contribution < 1.29 is 9.15 Å². The zero-order valence-electron chi connectivity index (χ0n) is 13.4. The summed E-state index contributed by atoms with van der Waals surface area (Å²) >= 11 is 0. The lowest BCUT2D eigenvalue weighted by Gasteiger charge is -2.12. The van der Waals surface area contributed by atoms with Crippen LogP contribution in [0.15, 0.2) is 41.1 Å². The highest BCUT2D eigenvalue weighted by molar-refractivity contribution is 5.53. The number of rotatable bonds is 6. The van der Waals surface area contributed by atoms with E-state index in [9.17, 15) is 0 Å². The van der Waals surface area contributed by atoms with Crippen molar-refractivity contribution in [2.75, 3.05) is 14.2 Å². The molecule has 2 aromatic heterocycles. The molecule has 0 atom stereocenters. The first kappa shape index (κ1) is 15.2. The molecule has 3 aromatic rings. The molecule has 0 saturated carbocycles. The van der Waals surface area contributed by atoms with E-state index in [2.05, 4.69) is 20.2 Å². The van der Waals surface area contributed by atoms with E-state index >= 15 is 0 Å². The first-order chi connectivity index (χ1) is 11.1. The standard InChI is InChI=1S/C16H19N5O2/c1-20(9-12-8-17-21(2)10-12)11-15-18-19-16(23-15)13-4-6-14(22-3)7-5-13/h4-8,10H,9,11H2,1-3H3. The smallest absolute Gasteiger partial charge is 0.247 e. The first-order valence-corrected chi connectivity index (χ1v) is 7.27. The molecular weight excluding hydrogens is 294 g/mol. The third-order valence-corrected chi connectivity index (χ3v) is 3.42. The summed E-state index contributed by atoms with van der Waals surface area (Å²) in [4.78, 5) is 2.10. The van der Waals surface area contributed by atoms with Crippen LogP contribution in [0.2, 0.25) is 0 Å². The highest BCUT2D eigenvalue weighted by Crippen LogP contribution is 2.21. The van der Waals surface area contributed by atoms with Crippen molar-refractivity contribution in [2.24, 2.45) is 7.05 Å². The maximum absolute atomic E-state index is 5.73. The summed E-state index contributed by atoms with van der Waals surface area (Å²) in [5.74, 6) is 1.89. The van der Waals surface area contributed by atoms with Gasteiger partial charge in [0.25, 0.3) is 0 Å². The normalized spacial score (nSPS) is 11.1. The Bertz CT molecular complexity index is 763. The molecule has 2 heterocycles. The van der Waals surface area contributed by atoms with E-state index in [0.717, 1.165) is 23.4 Å². The number of hydrogen-bond acceptors (Lipinski definition) is 6. The third kappa shape index (κ3) is 3.75. The van der Waals surface area contributed by atoms with Crippen molar-refractivity contribution >= 4 is 0 Å². The highest BCUT2D eigenvalue weighted by atomic mass is 16.5. The molecule has 0 aliphatic heterocycles. The van der Waals surface area contributed by atoms with Gasteiger partial charge in [-0.25, -0.2) is 0 Å². The molecular formula is C16H19N5O2. The molecule has 23 heavy (non-hydrogen) atoms. The Labute approximate surface area is 134 Å². The van der Waals surface area contributed by atoms with Crippen molar-refractivity contribution in [1.82, 2.24) is 24.9 Å². The monoisotopic (exact) mass is 313 g/mol. The van der Waals surface area contributed by atoms with Gasteiger partial charge >= 0.3 is 0 Å². The van der Waals surface area contributed by atoms with Crippen LogP contribution in [0.1, 0.15) is 11.5 Å². The molecule has 7 heteroatoms. The van der Waals surface area contributed by atoms with Crippen LogP contribution in [0.25, 0.3) is 11.5 Å². The molecule has 0 saturated heterocycles. The van der Waals surface area contributed by atoms with Crippen molar-refractivity contribution in [1.29, 1.82) is 0 Å². The molecule has 3 rings (SSSR count). The molecule has 0 spiro atoms. The topological polar surface area (TPSA) is 69.2 Å². The summed E-state index contributed by atoms with van der Waals surface area (Å²) < 4.78 is 12.7. The molecule has 0 N–H and O–H groups in total. The lowest BCUT2D eigenvalue weighted by atomic mass is 10.2. The summed E-state index contributed by atoms with van der Waals surface area (Å²) in [6, 6.07) is 7.53. The van der Waals surface area contributed by atoms with Gasteiger partial charge in [0.05, 0.1) is 19.9 Å². The number of aromatic nitrogens is 4. The maximum Gasteiger partial charge on any atom is 0.247 e. The lowest BCUT2D eigenvalue weighted by Crippen LogP contribution is -2.17. The Morgan fingerprint density at radius 2 is 1.96 bits per heavy atom. The van der Waals surface area contributed by atoms with Gasteiger partial charge in [0.15, 0.2) is 0 Å². The largest absolute Gasteiger partial charge is 0.497 e. The van der Waals surface area contributed by atoms with Crippen molar-refractivity contribution in [2.45, 2.75) is 13.1 Å². The van der Waals surface area contributed by atoms with E-state index in [4.69, 9.17) is 9.15 Å². The minimum Gasteiger partial charge on any atom is -0.497 e. The van der Waals surface area contributed by atoms with Crippen molar-refractivity contribution in [3.63, 3.8) is 0 Å². The fourth-order valence-corrected chi connectivity index (χ4v) is 2.32. The van der Waals surface area contributed by atoms with Gasteiger partial charge in [-0.2, -0.15) is 5.10 Å². The van der Waals surface area contributed by atoms with Crippen LogP contribution in [-0.2, 0) is 20.1 Å². The van der Waals surface area contributed by atoms with Gasteiger partial charge in [0.2, 0.25) is 11.8 Å². The predicted octanol–water partition coefficient (Wildman–Crippen LogP) is 2.11. The molecule has 0 bridgehead atoms. The number of ether oxygens (including phenoxy) is 1. The van der Waals surface area contributed by atoms with E-state index in [1.54, 1.807) is 11.8 Å². The van der Waals surface area contributed by atoms with Crippen LogP contribution in [0.4, 0.5) is 0 Å². The SMILES string of the molecule is COc1ccc(-c2nnc(CN(C)Cc3cnn(C)c3)o2)cc1. The van der Waals surface area contributed by atoms with Gasteiger partial charge in [-0.3, -0.25) is 9.58 Å². The molecule has 0 unspecified atom stereocenters. The van der Waals surface area contributed by atoms with Gasteiger partial charge in [-0.1, -0.05) is 0 Å². The number of aryl methyl sites for hydroxylation is 1. The quantitative estimate of drug-likeness (QED) is 0.694. The lowest BCUT2D eigenvalue weighted by molar-refractivity contribution is 0.283. The van der Waals surface area contributed by atoms with E-state index in [1.807, 2.05) is 50.8 Å². The Morgan fingerprint density at radius 1 is 1.17 bits per heavy atom. The Kier molecular flexibility index (Phi) is 4.38. The summed E-state index contributed by atoms with van der Waals surface area (Å²) in [6.07, 6.45) is 3.85. The number of nitrogens with zero attached hydrogens (tertiary/aromatic N) is 5. The molecule has 0 aliphatic carbocycles. The zero-order valence-corrected chi connectivity index (χ0v) is 13.4. The van der Waals surface area contributed by atoms with Crippen molar-refractivity contribution in [3.8, 4) is 17.2 Å². The highest BCUT2D eigenvalue weighted by Gasteiger charge is 2.11. The first-order valence-electron chi connectivity index (χ1n) is 7.27. The average molecular weight is 313 g/mol. The maximum atomic E-state index is 5.73. The molecule has 0 radical (unpaired) electrons. The van der Waals surface area contributed by atoms with Gasteiger partial charge in [0.1, 0.15) is 5.75 Å². The number of hydrogen-bond donors (Lipinski definition) is 0. The van der Waals surface area contributed by atoms with Gasteiger partial charge < -0.3 is 9.15 Å². The fraction of sp³-hybridized carbons (Fsp3) is 0.312. The van der Waals surface area contributed by atoms with E-state index < -0.39 is 0 Å². The molecule has 1 aromatic carbocycles. The summed E-state index contributed by atoms with van der Waals surface area (Å²) in [5.41, 5.74) is 2.02. The second kappa shape index (κ2) is 6.62. The Morgan fingerprint density at radius 3 is 2.61 bits per heavy atom. The Balaban J connectivity index is 1.64. The van der Waals surface area contributed by atoms with Gasteiger partial charge in [-0.05, 0) is 31.3 Å². The number of methoxy groups -OCH3 is 1. The minimum atomic E-state index is 0.512. The summed E-state index contributed by atoms with van der Waals surface area (Å²) in [5, 5.41) is 12.4. The van der Waals surface area contributed by atoms with Crippen LogP contribution in [0, 0.1) is 0 Å². The second-order valence-corrected chi connectivity index (χ2v) is 5.42. The van der Waals surface area contributed by atoms with Crippen LogP contribution in [-0.4, -0.2) is 39.0 Å². The van der Waals surface area contributed by atoms with E-state index in [-0.39, 0.29) is 0 Å². The molecule has 7 nitrogen and oxygen atoms in total. The van der Waals surface area contributed by atoms with Gasteiger partial charge in [0, 0.05) is 30.9 Å². The molecule has 120 valence electrons. The van der Waals surface area contributed by atoms with Crippen LogP contribution in [0.3, 0.4) is 0 Å². The van der Waals surface area contributed by atoms with E-state index in [1.165, 1.54) is 0 Å². The average Bonchev–Trinajstić information content (AvgIpc) is 3.16. The van der Waals surface area contributed by atoms with Crippen LogP contribution in [0.5, 0.6) is 5.75 Å². The second-order valence-electron chi connectivity index (χ2n) is 5.42. The minimum absolute atomic E-state index is 0.512. The van der Waals surface area contributed by atoms with Crippen LogP contribution < -0.4 is 4.74 Å². The third-order valence-electron chi connectivity index (χ3n) is 3.42.